The van der Waals surface area contributed by atoms with Crippen LogP contribution in [0.2, 0.25) is 0 Å². The third-order valence-electron chi connectivity index (χ3n) is 3.02. The van der Waals surface area contributed by atoms with E-state index in [0.717, 1.165) is 11.1 Å². The SMILES string of the molecule is COc1ccc(C(Cl)C(C)C)c2ccccc12. The zero-order valence-corrected chi connectivity index (χ0v) is 11.2. The van der Waals surface area contributed by atoms with Crippen molar-refractivity contribution in [3.05, 3.63) is 42.0 Å². The Morgan fingerprint density at radius 3 is 2.24 bits per heavy atom. The molecule has 0 radical (unpaired) electrons. The van der Waals surface area contributed by atoms with Crippen LogP contribution in [0.1, 0.15) is 24.8 Å². The van der Waals surface area contributed by atoms with Gasteiger partial charge in [0.2, 0.25) is 0 Å². The van der Waals surface area contributed by atoms with Crippen molar-refractivity contribution in [1.82, 2.24) is 0 Å². The first-order chi connectivity index (χ1) is 8.15. The summed E-state index contributed by atoms with van der Waals surface area (Å²) in [4.78, 5) is 0. The van der Waals surface area contributed by atoms with Gasteiger partial charge in [0.1, 0.15) is 5.75 Å². The average molecular weight is 249 g/mol. The lowest BCUT2D eigenvalue weighted by Gasteiger charge is -2.17. The van der Waals surface area contributed by atoms with Gasteiger partial charge in [-0.1, -0.05) is 44.2 Å². The number of alkyl halides is 1. The molecule has 2 heteroatoms. The van der Waals surface area contributed by atoms with Crippen LogP contribution in [0, 0.1) is 5.92 Å². The maximum absolute atomic E-state index is 6.47. The third kappa shape index (κ3) is 2.25. The van der Waals surface area contributed by atoms with Crippen molar-refractivity contribution in [3.63, 3.8) is 0 Å². The minimum Gasteiger partial charge on any atom is -0.496 e. The molecule has 0 N–H and O–H groups in total. The van der Waals surface area contributed by atoms with Gasteiger partial charge < -0.3 is 4.74 Å². The number of benzene rings is 2. The van der Waals surface area contributed by atoms with Crippen LogP contribution < -0.4 is 4.74 Å². The standard InChI is InChI=1S/C15H17ClO/c1-10(2)15(16)13-8-9-14(17-3)12-7-5-4-6-11(12)13/h4-10,15H,1-3H3. The predicted octanol–water partition coefficient (Wildman–Crippen LogP) is 4.78. The first kappa shape index (κ1) is 12.3. The predicted molar refractivity (Wildman–Crippen MR) is 73.9 cm³/mol. The number of rotatable bonds is 3. The van der Waals surface area contributed by atoms with E-state index in [1.807, 2.05) is 18.2 Å². The summed E-state index contributed by atoms with van der Waals surface area (Å²) in [7, 11) is 1.70. The molecular weight excluding hydrogens is 232 g/mol. The fourth-order valence-electron chi connectivity index (χ4n) is 2.07. The Morgan fingerprint density at radius 1 is 1.00 bits per heavy atom. The summed E-state index contributed by atoms with van der Waals surface area (Å²) in [6, 6.07) is 12.3. The lowest BCUT2D eigenvalue weighted by molar-refractivity contribution is 0.419. The number of hydrogen-bond donors (Lipinski definition) is 0. The Kier molecular flexibility index (Phi) is 3.58. The summed E-state index contributed by atoms with van der Waals surface area (Å²) in [5.74, 6) is 1.31. The fourth-order valence-corrected chi connectivity index (χ4v) is 2.26. The van der Waals surface area contributed by atoms with Crippen molar-refractivity contribution in [3.8, 4) is 5.75 Å². The maximum Gasteiger partial charge on any atom is 0.126 e. The first-order valence-electron chi connectivity index (χ1n) is 5.85. The van der Waals surface area contributed by atoms with Gasteiger partial charge >= 0.3 is 0 Å². The Bertz CT molecular complexity index is 519. The summed E-state index contributed by atoms with van der Waals surface area (Å²) in [6.45, 7) is 4.27. The molecule has 2 aromatic rings. The highest BCUT2D eigenvalue weighted by atomic mass is 35.5. The van der Waals surface area contributed by atoms with Crippen LogP contribution in [-0.2, 0) is 0 Å². The molecule has 0 heterocycles. The second-order valence-electron chi connectivity index (χ2n) is 4.55. The van der Waals surface area contributed by atoms with Crippen LogP contribution in [-0.4, -0.2) is 7.11 Å². The summed E-state index contributed by atoms with van der Waals surface area (Å²) in [6.07, 6.45) is 0. The number of fused-ring (bicyclic) bond motifs is 1. The van der Waals surface area contributed by atoms with E-state index in [1.165, 1.54) is 10.9 Å². The summed E-state index contributed by atoms with van der Waals surface area (Å²) in [5, 5.41) is 2.34. The average Bonchev–Trinajstić information content (AvgIpc) is 2.36. The van der Waals surface area contributed by atoms with Crippen LogP contribution in [0.4, 0.5) is 0 Å². The molecule has 1 unspecified atom stereocenters. The van der Waals surface area contributed by atoms with E-state index in [9.17, 15) is 0 Å². The maximum atomic E-state index is 6.47. The minimum absolute atomic E-state index is 0.0332. The zero-order valence-electron chi connectivity index (χ0n) is 10.4. The van der Waals surface area contributed by atoms with Gasteiger partial charge in [0.05, 0.1) is 12.5 Å². The topological polar surface area (TPSA) is 9.23 Å². The van der Waals surface area contributed by atoms with Gasteiger partial charge in [0.15, 0.2) is 0 Å². The fraction of sp³-hybridized carbons (Fsp3) is 0.333. The van der Waals surface area contributed by atoms with E-state index in [2.05, 4.69) is 32.0 Å². The summed E-state index contributed by atoms with van der Waals surface area (Å²) < 4.78 is 5.38. The molecule has 1 nitrogen and oxygen atoms in total. The zero-order chi connectivity index (χ0) is 12.4. The number of ether oxygens (including phenoxy) is 1. The molecule has 0 aliphatic rings. The number of methoxy groups -OCH3 is 1. The summed E-state index contributed by atoms with van der Waals surface area (Å²) >= 11 is 6.47. The van der Waals surface area contributed by atoms with Gasteiger partial charge in [0, 0.05) is 5.39 Å². The highest BCUT2D eigenvalue weighted by molar-refractivity contribution is 6.22. The Morgan fingerprint density at radius 2 is 1.65 bits per heavy atom. The molecule has 0 aromatic heterocycles. The van der Waals surface area contributed by atoms with Crippen LogP contribution in [0.15, 0.2) is 36.4 Å². The Labute approximate surface area is 107 Å². The van der Waals surface area contributed by atoms with Gasteiger partial charge in [0.25, 0.3) is 0 Å². The largest absolute Gasteiger partial charge is 0.496 e. The van der Waals surface area contributed by atoms with E-state index in [-0.39, 0.29) is 5.38 Å². The molecule has 0 saturated heterocycles. The number of halogens is 1. The molecule has 1 atom stereocenters. The third-order valence-corrected chi connectivity index (χ3v) is 3.76. The molecule has 0 spiro atoms. The van der Waals surface area contributed by atoms with E-state index in [1.54, 1.807) is 7.11 Å². The van der Waals surface area contributed by atoms with E-state index in [4.69, 9.17) is 16.3 Å². The molecule has 0 aliphatic heterocycles. The van der Waals surface area contributed by atoms with Crippen molar-refractivity contribution >= 4 is 22.4 Å². The molecule has 2 rings (SSSR count). The van der Waals surface area contributed by atoms with E-state index in [0.29, 0.717) is 5.92 Å². The van der Waals surface area contributed by atoms with Crippen molar-refractivity contribution in [2.24, 2.45) is 5.92 Å². The highest BCUT2D eigenvalue weighted by Crippen LogP contribution is 2.37. The van der Waals surface area contributed by atoms with Crippen molar-refractivity contribution in [2.75, 3.05) is 7.11 Å². The minimum atomic E-state index is 0.0332. The molecular formula is C15H17ClO. The van der Waals surface area contributed by atoms with Crippen LogP contribution in [0.5, 0.6) is 5.75 Å². The second kappa shape index (κ2) is 4.97. The normalized spacial score (nSPS) is 13.0. The number of hydrogen-bond acceptors (Lipinski definition) is 1. The van der Waals surface area contributed by atoms with Crippen molar-refractivity contribution in [2.45, 2.75) is 19.2 Å². The Balaban J connectivity index is 2.66. The molecule has 0 fully saturated rings. The van der Waals surface area contributed by atoms with Gasteiger partial charge in [-0.3, -0.25) is 0 Å². The quantitative estimate of drug-likeness (QED) is 0.710. The van der Waals surface area contributed by atoms with Crippen molar-refractivity contribution in [1.29, 1.82) is 0 Å². The van der Waals surface area contributed by atoms with E-state index >= 15 is 0 Å². The van der Waals surface area contributed by atoms with Gasteiger partial charge in [-0.2, -0.15) is 0 Å². The molecule has 0 saturated carbocycles. The van der Waals surface area contributed by atoms with Crippen molar-refractivity contribution < 1.29 is 4.74 Å². The smallest absolute Gasteiger partial charge is 0.126 e. The summed E-state index contributed by atoms with van der Waals surface area (Å²) in [5.41, 5.74) is 1.18. The molecule has 0 amide bonds. The van der Waals surface area contributed by atoms with Crippen LogP contribution in [0.3, 0.4) is 0 Å². The molecule has 90 valence electrons. The lowest BCUT2D eigenvalue weighted by atomic mass is 9.96. The lowest BCUT2D eigenvalue weighted by Crippen LogP contribution is -2.00. The molecule has 2 aromatic carbocycles. The molecule has 0 aliphatic carbocycles. The molecule has 17 heavy (non-hydrogen) atoms. The van der Waals surface area contributed by atoms with Gasteiger partial charge in [-0.25, -0.2) is 0 Å². The van der Waals surface area contributed by atoms with Gasteiger partial charge in [-0.15, -0.1) is 11.6 Å². The van der Waals surface area contributed by atoms with Crippen LogP contribution in [0.25, 0.3) is 10.8 Å². The Hall–Kier alpha value is -1.21. The van der Waals surface area contributed by atoms with E-state index < -0.39 is 0 Å². The highest BCUT2D eigenvalue weighted by Gasteiger charge is 2.16. The first-order valence-corrected chi connectivity index (χ1v) is 6.28. The second-order valence-corrected chi connectivity index (χ2v) is 5.02. The van der Waals surface area contributed by atoms with Gasteiger partial charge in [-0.05, 0) is 22.9 Å². The van der Waals surface area contributed by atoms with Crippen LogP contribution >= 0.6 is 11.6 Å². The monoisotopic (exact) mass is 248 g/mol. The molecule has 0 bridgehead atoms.